The summed E-state index contributed by atoms with van der Waals surface area (Å²) in [6.45, 7) is 7.07. The second kappa shape index (κ2) is 3.83. The number of aliphatic carboxylic acids is 1. The zero-order valence-corrected chi connectivity index (χ0v) is 10.9. The molecule has 2 unspecified atom stereocenters. The number of amides is 1. The van der Waals surface area contributed by atoms with Gasteiger partial charge in [0.1, 0.15) is 0 Å². The first kappa shape index (κ1) is 12.6. The summed E-state index contributed by atoms with van der Waals surface area (Å²) in [6.07, 6.45) is 0. The molecule has 0 aromatic carbocycles. The topological polar surface area (TPSA) is 95.1 Å². The number of aromatic amines is 1. The summed E-state index contributed by atoms with van der Waals surface area (Å²) in [4.78, 5) is 29.4. The largest absolute Gasteiger partial charge is 0.481 e. The lowest BCUT2D eigenvalue weighted by atomic mass is 10.1. The van der Waals surface area contributed by atoms with Gasteiger partial charge in [-0.3, -0.25) is 14.9 Å². The molecule has 0 radical (unpaired) electrons. The van der Waals surface area contributed by atoms with Crippen molar-refractivity contribution in [3.63, 3.8) is 0 Å². The summed E-state index contributed by atoms with van der Waals surface area (Å²) in [5.74, 6) is -1.14. The number of rotatable bonds is 3. The zero-order chi connectivity index (χ0) is 13.7. The van der Waals surface area contributed by atoms with Gasteiger partial charge in [0.2, 0.25) is 11.9 Å². The average Bonchev–Trinajstić information content (AvgIpc) is 2.58. The van der Waals surface area contributed by atoms with Crippen LogP contribution in [0.3, 0.4) is 0 Å². The molecule has 1 aromatic heterocycles. The van der Waals surface area contributed by atoms with E-state index in [2.05, 4.69) is 15.3 Å². The number of carbonyl (C=O) groups is 2. The lowest BCUT2D eigenvalue weighted by molar-refractivity contribution is -0.139. The van der Waals surface area contributed by atoms with Crippen LogP contribution in [0.4, 0.5) is 5.95 Å². The number of carboxylic acids is 1. The van der Waals surface area contributed by atoms with Gasteiger partial charge in [-0.05, 0) is 12.3 Å². The molecule has 6 heteroatoms. The first-order chi connectivity index (χ1) is 8.25. The van der Waals surface area contributed by atoms with Gasteiger partial charge >= 0.3 is 5.97 Å². The number of aromatic nitrogens is 2. The Bertz CT molecular complexity index is 519. The van der Waals surface area contributed by atoms with Crippen LogP contribution in [-0.4, -0.2) is 27.0 Å². The quantitative estimate of drug-likeness (QED) is 0.758. The molecule has 98 valence electrons. The van der Waals surface area contributed by atoms with Crippen molar-refractivity contribution < 1.29 is 14.7 Å². The summed E-state index contributed by atoms with van der Waals surface area (Å²) in [7, 11) is 0. The van der Waals surface area contributed by atoms with Crippen LogP contribution in [0.25, 0.3) is 0 Å². The van der Waals surface area contributed by atoms with E-state index in [-0.39, 0.29) is 17.2 Å². The van der Waals surface area contributed by atoms with Crippen LogP contribution in [0.15, 0.2) is 0 Å². The third-order valence-electron chi connectivity index (χ3n) is 3.60. The molecule has 2 atom stereocenters. The monoisotopic (exact) mass is 251 g/mol. The maximum atomic E-state index is 11.1. The van der Waals surface area contributed by atoms with Gasteiger partial charge in [-0.25, -0.2) is 4.98 Å². The normalized spacial score (nSPS) is 24.7. The van der Waals surface area contributed by atoms with Crippen molar-refractivity contribution >= 4 is 17.8 Å². The smallest absolute Gasteiger partial charge is 0.307 e. The van der Waals surface area contributed by atoms with Gasteiger partial charge in [0.05, 0.1) is 11.6 Å². The second-order valence-corrected chi connectivity index (χ2v) is 5.39. The summed E-state index contributed by atoms with van der Waals surface area (Å²) in [5, 5.41) is 11.7. The minimum absolute atomic E-state index is 0.103. The molecule has 1 aliphatic carbocycles. The number of carbonyl (C=O) groups excluding carboxylic acids is 1. The van der Waals surface area contributed by atoms with Crippen LogP contribution in [0, 0.1) is 18.3 Å². The Morgan fingerprint density at radius 2 is 2.06 bits per heavy atom. The molecular formula is C12H17N3O3. The highest BCUT2D eigenvalue weighted by atomic mass is 16.4. The second-order valence-electron chi connectivity index (χ2n) is 5.39. The van der Waals surface area contributed by atoms with E-state index < -0.39 is 11.9 Å². The Morgan fingerprint density at radius 1 is 1.44 bits per heavy atom. The molecule has 3 N–H and O–H groups in total. The number of carboxylic acid groups (broad SMARTS) is 1. The lowest BCUT2D eigenvalue weighted by Gasteiger charge is -1.99. The Kier molecular flexibility index (Phi) is 2.68. The molecule has 0 aliphatic heterocycles. The van der Waals surface area contributed by atoms with Crippen molar-refractivity contribution in [3.8, 4) is 0 Å². The number of anilines is 1. The van der Waals surface area contributed by atoms with Crippen molar-refractivity contribution in [2.75, 3.05) is 5.32 Å². The fourth-order valence-corrected chi connectivity index (χ4v) is 2.61. The first-order valence-corrected chi connectivity index (χ1v) is 5.82. The molecule has 18 heavy (non-hydrogen) atoms. The highest BCUT2D eigenvalue weighted by Crippen LogP contribution is 2.64. The number of H-pyrrole nitrogens is 1. The number of hydrogen-bond acceptors (Lipinski definition) is 3. The minimum atomic E-state index is -0.798. The third-order valence-corrected chi connectivity index (χ3v) is 3.60. The van der Waals surface area contributed by atoms with E-state index in [1.165, 1.54) is 6.92 Å². The number of nitrogens with one attached hydrogen (secondary N) is 2. The van der Waals surface area contributed by atoms with Gasteiger partial charge in [0, 0.05) is 18.5 Å². The molecule has 1 saturated carbocycles. The number of nitrogens with zero attached hydrogens (tertiary/aromatic N) is 1. The van der Waals surface area contributed by atoms with Gasteiger partial charge in [0.25, 0.3) is 0 Å². The Labute approximate surface area is 105 Å². The van der Waals surface area contributed by atoms with Crippen LogP contribution in [0.1, 0.15) is 38.1 Å². The molecule has 0 saturated heterocycles. The van der Waals surface area contributed by atoms with Crippen molar-refractivity contribution in [2.24, 2.45) is 11.3 Å². The van der Waals surface area contributed by atoms with Crippen LogP contribution >= 0.6 is 0 Å². The standard InChI is InChI=1S/C12H17N3O3/c1-5-9(15-11(13-5)14-6(2)16)7-8(10(17)18)12(7,3)4/h7-8H,1-4H3,(H,17,18)(H2,13,14,15,16). The molecule has 1 aliphatic rings. The molecule has 0 spiro atoms. The molecule has 2 rings (SSSR count). The Hall–Kier alpha value is -1.85. The zero-order valence-electron chi connectivity index (χ0n) is 10.9. The van der Waals surface area contributed by atoms with Crippen LogP contribution in [-0.2, 0) is 9.59 Å². The van der Waals surface area contributed by atoms with E-state index in [4.69, 9.17) is 5.11 Å². The van der Waals surface area contributed by atoms with E-state index in [9.17, 15) is 9.59 Å². The van der Waals surface area contributed by atoms with Gasteiger partial charge in [-0.15, -0.1) is 0 Å². The molecule has 0 bridgehead atoms. The number of hydrogen-bond donors (Lipinski definition) is 3. The summed E-state index contributed by atoms with van der Waals surface area (Å²) in [6, 6.07) is 0. The molecule has 1 aromatic rings. The SMILES string of the molecule is CC(=O)Nc1nc(C2C(C(=O)O)C2(C)C)c(C)[nH]1. The van der Waals surface area contributed by atoms with Gasteiger partial charge in [0.15, 0.2) is 0 Å². The Morgan fingerprint density at radius 3 is 2.50 bits per heavy atom. The van der Waals surface area contributed by atoms with Crippen LogP contribution < -0.4 is 5.32 Å². The third kappa shape index (κ3) is 1.87. The van der Waals surface area contributed by atoms with Crippen LogP contribution in [0.2, 0.25) is 0 Å². The van der Waals surface area contributed by atoms with E-state index in [1.54, 1.807) is 0 Å². The van der Waals surface area contributed by atoms with Crippen molar-refractivity contribution in [1.29, 1.82) is 0 Å². The highest BCUT2D eigenvalue weighted by Gasteiger charge is 2.64. The average molecular weight is 251 g/mol. The van der Waals surface area contributed by atoms with Crippen LogP contribution in [0.5, 0.6) is 0 Å². The van der Waals surface area contributed by atoms with Gasteiger partial charge in [-0.1, -0.05) is 13.8 Å². The maximum Gasteiger partial charge on any atom is 0.307 e. The summed E-state index contributed by atoms with van der Waals surface area (Å²) >= 11 is 0. The van der Waals surface area contributed by atoms with Crippen molar-refractivity contribution in [1.82, 2.24) is 9.97 Å². The molecule has 1 heterocycles. The molecule has 6 nitrogen and oxygen atoms in total. The lowest BCUT2D eigenvalue weighted by Crippen LogP contribution is -2.07. The van der Waals surface area contributed by atoms with Gasteiger partial charge in [-0.2, -0.15) is 0 Å². The fourth-order valence-electron chi connectivity index (χ4n) is 2.61. The number of aryl methyl sites for hydroxylation is 1. The highest BCUT2D eigenvalue weighted by molar-refractivity contribution is 5.86. The summed E-state index contributed by atoms with van der Waals surface area (Å²) in [5.41, 5.74) is 1.25. The molecule has 1 amide bonds. The first-order valence-electron chi connectivity index (χ1n) is 5.82. The summed E-state index contributed by atoms with van der Waals surface area (Å²) < 4.78 is 0. The van der Waals surface area contributed by atoms with E-state index >= 15 is 0 Å². The minimum Gasteiger partial charge on any atom is -0.481 e. The van der Waals surface area contributed by atoms with E-state index in [0.29, 0.717) is 5.95 Å². The molecular weight excluding hydrogens is 234 g/mol. The van der Waals surface area contributed by atoms with Crippen molar-refractivity contribution in [2.45, 2.75) is 33.6 Å². The predicted octanol–water partition coefficient (Wildman–Crippen LogP) is 1.50. The van der Waals surface area contributed by atoms with E-state index in [1.807, 2.05) is 20.8 Å². The van der Waals surface area contributed by atoms with Crippen molar-refractivity contribution in [3.05, 3.63) is 11.4 Å². The number of imidazole rings is 1. The van der Waals surface area contributed by atoms with E-state index in [0.717, 1.165) is 11.4 Å². The Balaban J connectivity index is 2.28. The predicted molar refractivity (Wildman–Crippen MR) is 65.3 cm³/mol. The maximum absolute atomic E-state index is 11.1. The van der Waals surface area contributed by atoms with Gasteiger partial charge < -0.3 is 10.1 Å². The fraction of sp³-hybridized carbons (Fsp3) is 0.583. The molecule has 1 fully saturated rings.